The molecule has 1 aliphatic carbocycles. The number of epoxide rings is 1. The number of carbonyl (C=O) groups excluding carboxylic acids is 3. The number of hydrogen-bond donors (Lipinski definition) is 0. The topological polar surface area (TPSA) is 128 Å². The first kappa shape index (κ1) is 23.1. The lowest BCUT2D eigenvalue weighted by Gasteiger charge is -2.20. The summed E-state index contributed by atoms with van der Waals surface area (Å²) in [5, 5.41) is 0. The van der Waals surface area contributed by atoms with Crippen molar-refractivity contribution in [1.82, 2.24) is 0 Å². The van der Waals surface area contributed by atoms with Gasteiger partial charge in [-0.05, 0) is 25.2 Å². The highest BCUT2D eigenvalue weighted by Gasteiger charge is 2.45. The minimum atomic E-state index is -0.870. The number of esters is 1. The molecule has 0 aromatic carbocycles. The van der Waals surface area contributed by atoms with Gasteiger partial charge < -0.3 is 37.9 Å². The van der Waals surface area contributed by atoms with Crippen molar-refractivity contribution in [3.05, 3.63) is 0 Å². The molecule has 32 heavy (non-hydrogen) atoms. The van der Waals surface area contributed by atoms with Crippen molar-refractivity contribution in [2.24, 2.45) is 5.92 Å². The van der Waals surface area contributed by atoms with Gasteiger partial charge in [0.2, 0.25) is 0 Å². The van der Waals surface area contributed by atoms with Crippen molar-refractivity contribution < 1.29 is 52.3 Å². The van der Waals surface area contributed by atoms with Gasteiger partial charge in [-0.1, -0.05) is 6.92 Å². The van der Waals surface area contributed by atoms with E-state index in [1.165, 1.54) is 12.8 Å². The summed E-state index contributed by atoms with van der Waals surface area (Å²) >= 11 is 0. The summed E-state index contributed by atoms with van der Waals surface area (Å²) in [6, 6.07) is 0. The van der Waals surface area contributed by atoms with Crippen LogP contribution in [0.3, 0.4) is 0 Å². The van der Waals surface area contributed by atoms with Crippen LogP contribution in [0, 0.1) is 5.92 Å². The van der Waals surface area contributed by atoms with E-state index in [-0.39, 0.29) is 25.6 Å². The second kappa shape index (κ2) is 10.7. The molecular formula is C21H30O11. The predicted octanol–water partition coefficient (Wildman–Crippen LogP) is 1.74. The zero-order chi connectivity index (χ0) is 22.5. The van der Waals surface area contributed by atoms with Gasteiger partial charge in [0, 0.05) is 13.0 Å². The van der Waals surface area contributed by atoms with E-state index in [0.29, 0.717) is 38.8 Å². The lowest BCUT2D eigenvalue weighted by atomic mass is 10.00. The van der Waals surface area contributed by atoms with Crippen LogP contribution in [0.5, 0.6) is 0 Å². The Hall–Kier alpha value is -2.11. The van der Waals surface area contributed by atoms with E-state index in [1.807, 2.05) is 6.92 Å². The van der Waals surface area contributed by atoms with E-state index in [2.05, 4.69) is 0 Å². The lowest BCUT2D eigenvalue weighted by Crippen LogP contribution is -2.34. The molecule has 3 aliphatic heterocycles. The highest BCUT2D eigenvalue weighted by atomic mass is 16.8. The van der Waals surface area contributed by atoms with E-state index in [9.17, 15) is 14.4 Å². The maximum atomic E-state index is 12.4. The fourth-order valence-corrected chi connectivity index (χ4v) is 3.61. The maximum Gasteiger partial charge on any atom is 0.509 e. The Labute approximate surface area is 185 Å². The van der Waals surface area contributed by atoms with Crippen molar-refractivity contribution in [2.45, 2.75) is 75.7 Å². The summed E-state index contributed by atoms with van der Waals surface area (Å²) in [6.07, 6.45) is -1.60. The van der Waals surface area contributed by atoms with Crippen LogP contribution in [0.4, 0.5) is 9.59 Å². The molecular weight excluding hydrogens is 428 g/mol. The van der Waals surface area contributed by atoms with Crippen LogP contribution < -0.4 is 0 Å². The molecule has 0 aromatic heterocycles. The molecule has 0 N–H and O–H groups in total. The van der Waals surface area contributed by atoms with E-state index in [4.69, 9.17) is 37.9 Å². The van der Waals surface area contributed by atoms with Crippen molar-refractivity contribution in [2.75, 3.05) is 33.0 Å². The van der Waals surface area contributed by atoms with Gasteiger partial charge in [0.15, 0.2) is 6.10 Å². The summed E-state index contributed by atoms with van der Waals surface area (Å²) in [6.45, 7) is 3.98. The number of carbonyl (C=O) groups is 3. The first-order valence-corrected chi connectivity index (χ1v) is 11.2. The van der Waals surface area contributed by atoms with Crippen LogP contribution in [0.2, 0.25) is 0 Å². The Morgan fingerprint density at radius 3 is 2.28 bits per heavy atom. The summed E-state index contributed by atoms with van der Waals surface area (Å²) in [5.74, 6) is 0.0688. The normalized spacial score (nSPS) is 32.0. The molecule has 180 valence electrons. The molecule has 4 rings (SSSR count). The smallest absolute Gasteiger partial charge is 0.463 e. The molecule has 4 fully saturated rings. The third-order valence-corrected chi connectivity index (χ3v) is 5.76. The molecule has 0 aromatic rings. The van der Waals surface area contributed by atoms with Crippen LogP contribution in [0.15, 0.2) is 0 Å². The highest BCUT2D eigenvalue weighted by Crippen LogP contribution is 2.30. The molecule has 11 nitrogen and oxygen atoms in total. The van der Waals surface area contributed by atoms with Gasteiger partial charge in [0.1, 0.15) is 37.1 Å². The third-order valence-electron chi connectivity index (χ3n) is 5.76. The fraction of sp³-hybridized carbons (Fsp3) is 0.857. The molecule has 6 atom stereocenters. The van der Waals surface area contributed by atoms with Crippen LogP contribution in [-0.2, 0) is 42.7 Å². The standard InChI is InChI=1S/C21H30O11/c1-2-15-16(30-20(23)29-15)5-17-18(32-21(24)31-17)6-19(22)28-11-13(26-9-14-10-27-14)8-25-7-12-3-4-12/h12-18H,2-11H2,1H3. The number of hydrogen-bond acceptors (Lipinski definition) is 11. The SMILES string of the molecule is CCC1OC(=O)OC1CC1OC(=O)OC1CC(=O)OCC(COCC1CC1)OCC1CO1. The summed E-state index contributed by atoms with van der Waals surface area (Å²) < 4.78 is 42.4. The minimum absolute atomic E-state index is 0.0222. The van der Waals surface area contributed by atoms with Gasteiger partial charge in [-0.25, -0.2) is 9.59 Å². The zero-order valence-corrected chi connectivity index (χ0v) is 18.1. The van der Waals surface area contributed by atoms with Gasteiger partial charge in [0.05, 0.1) is 26.2 Å². The third kappa shape index (κ3) is 6.94. The molecule has 1 saturated carbocycles. The largest absolute Gasteiger partial charge is 0.509 e. The second-order valence-electron chi connectivity index (χ2n) is 8.55. The quantitative estimate of drug-likeness (QED) is 0.214. The van der Waals surface area contributed by atoms with Gasteiger partial charge >= 0.3 is 18.3 Å². The van der Waals surface area contributed by atoms with E-state index in [1.54, 1.807) is 0 Å². The van der Waals surface area contributed by atoms with Crippen LogP contribution in [-0.4, -0.2) is 87.9 Å². The van der Waals surface area contributed by atoms with E-state index < -0.39 is 48.8 Å². The Morgan fingerprint density at radius 2 is 1.62 bits per heavy atom. The summed E-state index contributed by atoms with van der Waals surface area (Å²) in [7, 11) is 0. The molecule has 0 radical (unpaired) electrons. The van der Waals surface area contributed by atoms with Gasteiger partial charge in [-0.3, -0.25) is 4.79 Å². The minimum Gasteiger partial charge on any atom is -0.463 e. The molecule has 4 aliphatic rings. The van der Waals surface area contributed by atoms with Crippen molar-refractivity contribution in [3.8, 4) is 0 Å². The first-order valence-electron chi connectivity index (χ1n) is 11.2. The maximum absolute atomic E-state index is 12.4. The second-order valence-corrected chi connectivity index (χ2v) is 8.55. The Balaban J connectivity index is 1.22. The van der Waals surface area contributed by atoms with Gasteiger partial charge in [-0.2, -0.15) is 0 Å². The average Bonchev–Trinajstić information content (AvgIpc) is 3.68. The molecule has 3 heterocycles. The molecule has 0 spiro atoms. The number of rotatable bonds is 14. The van der Waals surface area contributed by atoms with Crippen LogP contribution in [0.25, 0.3) is 0 Å². The van der Waals surface area contributed by atoms with Crippen molar-refractivity contribution in [1.29, 1.82) is 0 Å². The number of cyclic esters (lactones) is 4. The van der Waals surface area contributed by atoms with Crippen LogP contribution >= 0.6 is 0 Å². The zero-order valence-electron chi connectivity index (χ0n) is 18.1. The average molecular weight is 458 g/mol. The van der Waals surface area contributed by atoms with Crippen LogP contribution in [0.1, 0.15) is 39.0 Å². The summed E-state index contributed by atoms with van der Waals surface area (Å²) in [4.78, 5) is 35.5. The number of ether oxygens (including phenoxy) is 8. The van der Waals surface area contributed by atoms with E-state index >= 15 is 0 Å². The Morgan fingerprint density at radius 1 is 0.969 bits per heavy atom. The molecule has 0 bridgehead atoms. The van der Waals surface area contributed by atoms with Gasteiger partial charge in [-0.15, -0.1) is 0 Å². The Bertz CT molecular complexity index is 675. The summed E-state index contributed by atoms with van der Waals surface area (Å²) in [5.41, 5.74) is 0. The van der Waals surface area contributed by atoms with Gasteiger partial charge in [0.25, 0.3) is 0 Å². The molecule has 11 heteroatoms. The predicted molar refractivity (Wildman–Crippen MR) is 104 cm³/mol. The fourth-order valence-electron chi connectivity index (χ4n) is 3.61. The van der Waals surface area contributed by atoms with E-state index in [0.717, 1.165) is 0 Å². The highest BCUT2D eigenvalue weighted by molar-refractivity contribution is 5.72. The van der Waals surface area contributed by atoms with Crippen molar-refractivity contribution in [3.63, 3.8) is 0 Å². The van der Waals surface area contributed by atoms with Crippen molar-refractivity contribution >= 4 is 18.3 Å². The Kier molecular flexibility index (Phi) is 7.69. The monoisotopic (exact) mass is 458 g/mol. The molecule has 0 amide bonds. The molecule has 3 saturated heterocycles. The first-order chi connectivity index (χ1) is 15.5. The molecule has 6 unspecified atom stereocenters. The lowest BCUT2D eigenvalue weighted by molar-refractivity contribution is -0.152.